The Morgan fingerprint density at radius 1 is 1.12 bits per heavy atom. The van der Waals surface area contributed by atoms with Crippen molar-refractivity contribution in [1.29, 1.82) is 0 Å². The number of nitrogens with one attached hydrogen (secondary N) is 1. The zero-order chi connectivity index (χ0) is 12.0. The molecule has 1 saturated heterocycles. The second-order valence-electron chi connectivity index (χ2n) is 5.66. The third-order valence-corrected chi connectivity index (χ3v) is 4.24. The molecule has 2 rings (SSSR count). The molecular weight excluding hydrogens is 214 g/mol. The van der Waals surface area contributed by atoms with Crippen molar-refractivity contribution in [3.05, 3.63) is 0 Å². The van der Waals surface area contributed by atoms with E-state index in [2.05, 4.69) is 5.32 Å². The van der Waals surface area contributed by atoms with Crippen LogP contribution in [0, 0.1) is 0 Å². The van der Waals surface area contributed by atoms with Crippen molar-refractivity contribution < 1.29 is 9.84 Å². The summed E-state index contributed by atoms with van der Waals surface area (Å²) in [5.74, 6) is 0. The highest BCUT2D eigenvalue weighted by Crippen LogP contribution is 2.43. The SMILES string of the molecule is OCCCCCNCC1CCC2(CCCC2)O1. The largest absolute Gasteiger partial charge is 0.396 e. The summed E-state index contributed by atoms with van der Waals surface area (Å²) in [6, 6.07) is 0. The molecule has 1 aliphatic carbocycles. The molecule has 1 atom stereocenters. The van der Waals surface area contributed by atoms with Gasteiger partial charge in [-0.3, -0.25) is 0 Å². The fraction of sp³-hybridized carbons (Fsp3) is 1.00. The minimum atomic E-state index is 0.281. The van der Waals surface area contributed by atoms with Gasteiger partial charge in [0.1, 0.15) is 0 Å². The first-order valence-corrected chi connectivity index (χ1v) is 7.34. The summed E-state index contributed by atoms with van der Waals surface area (Å²) in [6.07, 6.45) is 11.5. The average Bonchev–Trinajstić information content (AvgIpc) is 2.95. The number of unbranched alkanes of at least 4 members (excludes halogenated alkanes) is 2. The molecule has 2 N–H and O–H groups in total. The van der Waals surface area contributed by atoms with Crippen molar-refractivity contribution >= 4 is 0 Å². The normalized spacial score (nSPS) is 27.0. The lowest BCUT2D eigenvalue weighted by Gasteiger charge is -2.23. The molecule has 1 heterocycles. The lowest BCUT2D eigenvalue weighted by atomic mass is 9.98. The van der Waals surface area contributed by atoms with E-state index in [4.69, 9.17) is 9.84 Å². The highest BCUT2D eigenvalue weighted by atomic mass is 16.5. The van der Waals surface area contributed by atoms with Gasteiger partial charge < -0.3 is 15.2 Å². The Morgan fingerprint density at radius 2 is 1.94 bits per heavy atom. The Labute approximate surface area is 105 Å². The molecule has 3 heteroatoms. The monoisotopic (exact) mass is 241 g/mol. The molecule has 1 saturated carbocycles. The maximum atomic E-state index is 8.67. The molecule has 0 aromatic carbocycles. The molecular formula is C14H27NO2. The fourth-order valence-corrected chi connectivity index (χ4v) is 3.23. The van der Waals surface area contributed by atoms with Gasteiger partial charge in [0.05, 0.1) is 11.7 Å². The molecule has 1 aliphatic heterocycles. The molecule has 0 radical (unpaired) electrons. The molecule has 1 unspecified atom stereocenters. The summed E-state index contributed by atoms with van der Waals surface area (Å²) in [5, 5.41) is 12.2. The van der Waals surface area contributed by atoms with Crippen molar-refractivity contribution in [1.82, 2.24) is 5.32 Å². The van der Waals surface area contributed by atoms with Crippen LogP contribution in [0.5, 0.6) is 0 Å². The van der Waals surface area contributed by atoms with E-state index in [-0.39, 0.29) is 5.60 Å². The van der Waals surface area contributed by atoms with E-state index < -0.39 is 0 Å². The van der Waals surface area contributed by atoms with Crippen LogP contribution in [0.25, 0.3) is 0 Å². The molecule has 2 fully saturated rings. The van der Waals surface area contributed by atoms with Gasteiger partial charge in [-0.05, 0) is 51.5 Å². The summed E-state index contributed by atoms with van der Waals surface area (Å²) < 4.78 is 6.24. The molecule has 17 heavy (non-hydrogen) atoms. The van der Waals surface area contributed by atoms with E-state index in [9.17, 15) is 0 Å². The molecule has 1 spiro atoms. The van der Waals surface area contributed by atoms with Crippen LogP contribution in [-0.2, 0) is 4.74 Å². The lowest BCUT2D eigenvalue weighted by molar-refractivity contribution is -0.0350. The summed E-state index contributed by atoms with van der Waals surface area (Å²) in [7, 11) is 0. The fourth-order valence-electron chi connectivity index (χ4n) is 3.23. The van der Waals surface area contributed by atoms with Crippen LogP contribution in [-0.4, -0.2) is 36.5 Å². The molecule has 2 aliphatic rings. The van der Waals surface area contributed by atoms with Gasteiger partial charge in [-0.25, -0.2) is 0 Å². The Morgan fingerprint density at radius 3 is 2.71 bits per heavy atom. The summed E-state index contributed by atoms with van der Waals surface area (Å²) in [5.41, 5.74) is 0.281. The second kappa shape index (κ2) is 6.72. The highest BCUT2D eigenvalue weighted by molar-refractivity contribution is 4.93. The summed E-state index contributed by atoms with van der Waals surface area (Å²) in [6.45, 7) is 2.40. The van der Waals surface area contributed by atoms with Crippen LogP contribution in [0.4, 0.5) is 0 Å². The first kappa shape index (κ1) is 13.3. The standard InChI is InChI=1S/C14H27NO2/c16-11-5-1-4-10-15-12-13-6-9-14(17-13)7-2-3-8-14/h13,15-16H,1-12H2. The Bertz CT molecular complexity index is 214. The molecule has 0 aromatic rings. The van der Waals surface area contributed by atoms with Crippen molar-refractivity contribution in [2.75, 3.05) is 19.7 Å². The van der Waals surface area contributed by atoms with Gasteiger partial charge >= 0.3 is 0 Å². The van der Waals surface area contributed by atoms with Crippen LogP contribution in [0.3, 0.4) is 0 Å². The van der Waals surface area contributed by atoms with Crippen molar-refractivity contribution in [2.45, 2.75) is 69.5 Å². The van der Waals surface area contributed by atoms with Crippen LogP contribution in [0.15, 0.2) is 0 Å². The summed E-state index contributed by atoms with van der Waals surface area (Å²) >= 11 is 0. The van der Waals surface area contributed by atoms with Crippen LogP contribution >= 0.6 is 0 Å². The molecule has 0 amide bonds. The first-order valence-electron chi connectivity index (χ1n) is 7.34. The van der Waals surface area contributed by atoms with E-state index in [0.29, 0.717) is 12.7 Å². The van der Waals surface area contributed by atoms with Gasteiger partial charge in [-0.2, -0.15) is 0 Å². The number of aliphatic hydroxyl groups is 1. The minimum absolute atomic E-state index is 0.281. The van der Waals surface area contributed by atoms with Gasteiger partial charge in [0, 0.05) is 13.2 Å². The summed E-state index contributed by atoms with van der Waals surface area (Å²) in [4.78, 5) is 0. The molecule has 0 bridgehead atoms. The maximum absolute atomic E-state index is 8.67. The van der Waals surface area contributed by atoms with Gasteiger partial charge in [0.15, 0.2) is 0 Å². The second-order valence-corrected chi connectivity index (χ2v) is 5.66. The minimum Gasteiger partial charge on any atom is -0.396 e. The predicted molar refractivity (Wildman–Crippen MR) is 69.1 cm³/mol. The Balaban J connectivity index is 1.52. The van der Waals surface area contributed by atoms with Crippen LogP contribution in [0.2, 0.25) is 0 Å². The topological polar surface area (TPSA) is 41.5 Å². The van der Waals surface area contributed by atoms with Gasteiger partial charge in [0.25, 0.3) is 0 Å². The van der Waals surface area contributed by atoms with Crippen molar-refractivity contribution in [3.63, 3.8) is 0 Å². The average molecular weight is 241 g/mol. The molecule has 0 aromatic heterocycles. The van der Waals surface area contributed by atoms with Crippen molar-refractivity contribution in [3.8, 4) is 0 Å². The van der Waals surface area contributed by atoms with Gasteiger partial charge in [-0.1, -0.05) is 12.8 Å². The van der Waals surface area contributed by atoms with Gasteiger partial charge in [0.2, 0.25) is 0 Å². The van der Waals surface area contributed by atoms with E-state index in [0.717, 1.165) is 25.9 Å². The van der Waals surface area contributed by atoms with Crippen LogP contribution < -0.4 is 5.32 Å². The number of hydrogen-bond acceptors (Lipinski definition) is 3. The molecule has 100 valence electrons. The molecule has 3 nitrogen and oxygen atoms in total. The van der Waals surface area contributed by atoms with E-state index >= 15 is 0 Å². The van der Waals surface area contributed by atoms with E-state index in [1.807, 2.05) is 0 Å². The third kappa shape index (κ3) is 3.94. The smallest absolute Gasteiger partial charge is 0.0708 e. The zero-order valence-electron chi connectivity index (χ0n) is 10.9. The number of aliphatic hydroxyl groups excluding tert-OH is 1. The lowest BCUT2D eigenvalue weighted by Crippen LogP contribution is -2.31. The highest BCUT2D eigenvalue weighted by Gasteiger charge is 2.41. The third-order valence-electron chi connectivity index (χ3n) is 4.24. The number of hydrogen-bond donors (Lipinski definition) is 2. The van der Waals surface area contributed by atoms with Crippen molar-refractivity contribution in [2.24, 2.45) is 0 Å². The Hall–Kier alpha value is -0.120. The van der Waals surface area contributed by atoms with E-state index in [1.165, 1.54) is 44.9 Å². The first-order chi connectivity index (χ1) is 8.35. The van der Waals surface area contributed by atoms with Gasteiger partial charge in [-0.15, -0.1) is 0 Å². The number of ether oxygens (including phenoxy) is 1. The zero-order valence-corrected chi connectivity index (χ0v) is 10.9. The van der Waals surface area contributed by atoms with Crippen LogP contribution in [0.1, 0.15) is 57.8 Å². The maximum Gasteiger partial charge on any atom is 0.0708 e. The predicted octanol–water partition coefficient (Wildman–Crippen LogP) is 2.23. The quantitative estimate of drug-likeness (QED) is 0.672. The Kier molecular flexibility index (Phi) is 5.26. The van der Waals surface area contributed by atoms with E-state index in [1.54, 1.807) is 0 Å². The number of rotatable bonds is 7.